The van der Waals surface area contributed by atoms with E-state index in [-0.39, 0.29) is 5.12 Å². The number of thioether (sulfide) groups is 1. The van der Waals surface area contributed by atoms with Crippen LogP contribution < -0.4 is 0 Å². The van der Waals surface area contributed by atoms with Gasteiger partial charge in [0.25, 0.3) is 0 Å². The van der Waals surface area contributed by atoms with Crippen molar-refractivity contribution in [3.8, 4) is 0 Å². The lowest BCUT2D eigenvalue weighted by atomic mass is 10.0. The van der Waals surface area contributed by atoms with E-state index >= 15 is 0 Å². The number of carbonyl (C=O) groups is 1. The molecule has 2 nitrogen and oxygen atoms in total. The Balaban J connectivity index is 2.53. The summed E-state index contributed by atoms with van der Waals surface area (Å²) in [5, 5.41) is 0.219. The van der Waals surface area contributed by atoms with E-state index in [2.05, 4.69) is 31.7 Å². The van der Waals surface area contributed by atoms with E-state index in [0.717, 1.165) is 43.8 Å². The van der Waals surface area contributed by atoms with Crippen LogP contribution in [-0.2, 0) is 6.42 Å². The maximum absolute atomic E-state index is 12.2. The first-order valence-electron chi connectivity index (χ1n) is 7.20. The first-order chi connectivity index (χ1) is 9.22. The fourth-order valence-electron chi connectivity index (χ4n) is 2.09. The molecule has 0 radical (unpaired) electrons. The quantitative estimate of drug-likeness (QED) is 0.721. The fourth-order valence-corrected chi connectivity index (χ4v) is 2.98. The van der Waals surface area contributed by atoms with Gasteiger partial charge < -0.3 is 4.90 Å². The van der Waals surface area contributed by atoms with Gasteiger partial charge in [0.1, 0.15) is 0 Å². The molecule has 0 spiro atoms. The van der Waals surface area contributed by atoms with Crippen LogP contribution in [0.5, 0.6) is 0 Å². The molecular weight excluding hydrogens is 254 g/mol. The Morgan fingerprint density at radius 2 is 1.84 bits per heavy atom. The summed E-state index contributed by atoms with van der Waals surface area (Å²) in [5.41, 5.74) is 2.08. The van der Waals surface area contributed by atoms with E-state index in [1.165, 1.54) is 17.3 Å². The molecule has 0 aliphatic heterocycles. The average molecular weight is 279 g/mol. The molecule has 0 aliphatic rings. The minimum atomic E-state index is 0.219. The minimum Gasteiger partial charge on any atom is -0.303 e. The molecule has 0 fully saturated rings. The van der Waals surface area contributed by atoms with Gasteiger partial charge in [0.2, 0.25) is 5.12 Å². The summed E-state index contributed by atoms with van der Waals surface area (Å²) in [6, 6.07) is 8.00. The predicted molar refractivity (Wildman–Crippen MR) is 85.0 cm³/mol. The summed E-state index contributed by atoms with van der Waals surface area (Å²) in [5.74, 6) is 0.876. The first kappa shape index (κ1) is 16.3. The maximum atomic E-state index is 12.2. The third-order valence-electron chi connectivity index (χ3n) is 3.29. The second-order valence-electron chi connectivity index (χ2n) is 4.57. The molecule has 0 aliphatic carbocycles. The predicted octanol–water partition coefficient (Wildman–Crippen LogP) is 3.85. The van der Waals surface area contributed by atoms with Gasteiger partial charge in [-0.2, -0.15) is 0 Å². The molecule has 3 heteroatoms. The number of benzene rings is 1. The van der Waals surface area contributed by atoms with Crippen LogP contribution in [-0.4, -0.2) is 35.4 Å². The van der Waals surface area contributed by atoms with Crippen LogP contribution in [0.2, 0.25) is 0 Å². The Kier molecular flexibility index (Phi) is 7.84. The molecule has 0 unspecified atom stereocenters. The van der Waals surface area contributed by atoms with Crippen LogP contribution in [0.15, 0.2) is 24.3 Å². The minimum absolute atomic E-state index is 0.219. The van der Waals surface area contributed by atoms with Crippen molar-refractivity contribution in [1.29, 1.82) is 0 Å². The molecule has 1 aromatic carbocycles. The zero-order valence-electron chi connectivity index (χ0n) is 12.3. The van der Waals surface area contributed by atoms with Crippen LogP contribution in [0, 0.1) is 0 Å². The number of nitrogens with zero attached hydrogens (tertiary/aromatic N) is 1. The van der Waals surface area contributed by atoms with Gasteiger partial charge >= 0.3 is 0 Å². The molecule has 0 aromatic heterocycles. The van der Waals surface area contributed by atoms with Crippen molar-refractivity contribution in [3.63, 3.8) is 0 Å². The smallest absolute Gasteiger partial charge is 0.219 e. The van der Waals surface area contributed by atoms with E-state index in [4.69, 9.17) is 0 Å². The van der Waals surface area contributed by atoms with Crippen LogP contribution in [0.25, 0.3) is 0 Å². The number of aryl methyl sites for hydroxylation is 1. The van der Waals surface area contributed by atoms with Gasteiger partial charge in [0, 0.05) is 17.9 Å². The van der Waals surface area contributed by atoms with Crippen LogP contribution in [0.4, 0.5) is 0 Å². The van der Waals surface area contributed by atoms with Crippen molar-refractivity contribution in [3.05, 3.63) is 35.4 Å². The number of rotatable bonds is 8. The topological polar surface area (TPSA) is 20.3 Å². The lowest BCUT2D eigenvalue weighted by Crippen LogP contribution is -2.25. The normalized spacial score (nSPS) is 10.9. The number of carbonyl (C=O) groups excluding carboxylic acids is 1. The molecule has 0 atom stereocenters. The van der Waals surface area contributed by atoms with E-state index in [1.807, 2.05) is 18.2 Å². The number of hydrogen-bond acceptors (Lipinski definition) is 3. The molecular formula is C16H25NOS. The Hall–Kier alpha value is -0.800. The van der Waals surface area contributed by atoms with Crippen molar-refractivity contribution in [2.24, 2.45) is 0 Å². The number of hydrogen-bond donors (Lipinski definition) is 0. The van der Waals surface area contributed by atoms with Crippen LogP contribution in [0.1, 0.15) is 43.1 Å². The average Bonchev–Trinajstić information content (AvgIpc) is 2.44. The van der Waals surface area contributed by atoms with Gasteiger partial charge in [-0.05, 0) is 25.1 Å². The van der Waals surface area contributed by atoms with Gasteiger partial charge in [-0.1, -0.05) is 63.2 Å². The lowest BCUT2D eigenvalue weighted by molar-refractivity contribution is 0.108. The lowest BCUT2D eigenvalue weighted by Gasteiger charge is -2.17. The van der Waals surface area contributed by atoms with E-state index in [0.29, 0.717) is 0 Å². The Labute approximate surface area is 121 Å². The maximum Gasteiger partial charge on any atom is 0.219 e. The third kappa shape index (κ3) is 5.37. The van der Waals surface area contributed by atoms with Gasteiger partial charge in [0.05, 0.1) is 0 Å². The zero-order valence-corrected chi connectivity index (χ0v) is 13.1. The zero-order chi connectivity index (χ0) is 14.1. The van der Waals surface area contributed by atoms with E-state index in [9.17, 15) is 4.79 Å². The van der Waals surface area contributed by atoms with Crippen LogP contribution in [0.3, 0.4) is 0 Å². The Morgan fingerprint density at radius 1 is 1.16 bits per heavy atom. The summed E-state index contributed by atoms with van der Waals surface area (Å²) < 4.78 is 0. The largest absolute Gasteiger partial charge is 0.303 e. The highest BCUT2D eigenvalue weighted by atomic mass is 32.2. The summed E-state index contributed by atoms with van der Waals surface area (Å²) in [6.45, 7) is 9.56. The molecule has 0 amide bonds. The second kappa shape index (κ2) is 9.16. The highest BCUT2D eigenvalue weighted by molar-refractivity contribution is 8.14. The monoisotopic (exact) mass is 279 g/mol. The highest BCUT2D eigenvalue weighted by Crippen LogP contribution is 2.18. The van der Waals surface area contributed by atoms with Gasteiger partial charge in [-0.25, -0.2) is 0 Å². The van der Waals surface area contributed by atoms with Crippen molar-refractivity contribution < 1.29 is 4.79 Å². The summed E-state index contributed by atoms with van der Waals surface area (Å²) in [6.07, 6.45) is 2.06. The third-order valence-corrected chi connectivity index (χ3v) is 4.16. The van der Waals surface area contributed by atoms with Crippen molar-refractivity contribution >= 4 is 16.9 Å². The molecule has 1 aromatic rings. The summed E-state index contributed by atoms with van der Waals surface area (Å²) in [4.78, 5) is 14.6. The first-order valence-corrected chi connectivity index (χ1v) is 8.18. The van der Waals surface area contributed by atoms with Crippen molar-refractivity contribution in [2.75, 3.05) is 25.4 Å². The molecule has 0 saturated carbocycles. The Morgan fingerprint density at radius 3 is 2.47 bits per heavy atom. The van der Waals surface area contributed by atoms with Crippen molar-refractivity contribution in [2.45, 2.75) is 33.6 Å². The summed E-state index contributed by atoms with van der Waals surface area (Å²) >= 11 is 1.45. The standard InChI is InChI=1S/C16H25NOS/c1-4-9-14-10-7-8-11-15(14)16(18)19-13-12-17(5-2)6-3/h7-8,10-11H,4-6,9,12-13H2,1-3H3. The summed E-state index contributed by atoms with van der Waals surface area (Å²) in [7, 11) is 0. The SMILES string of the molecule is CCCc1ccccc1C(=O)SCCN(CC)CC. The second-order valence-corrected chi connectivity index (χ2v) is 5.64. The van der Waals surface area contributed by atoms with E-state index in [1.54, 1.807) is 0 Å². The van der Waals surface area contributed by atoms with Crippen molar-refractivity contribution in [1.82, 2.24) is 4.90 Å². The van der Waals surface area contributed by atoms with Gasteiger partial charge in [0.15, 0.2) is 0 Å². The van der Waals surface area contributed by atoms with Crippen LogP contribution >= 0.6 is 11.8 Å². The molecule has 0 heterocycles. The fraction of sp³-hybridized carbons (Fsp3) is 0.562. The molecule has 1 rings (SSSR count). The van der Waals surface area contributed by atoms with E-state index < -0.39 is 0 Å². The van der Waals surface area contributed by atoms with Gasteiger partial charge in [-0.15, -0.1) is 0 Å². The van der Waals surface area contributed by atoms with Gasteiger partial charge in [-0.3, -0.25) is 4.79 Å². The Bertz CT molecular complexity index is 388. The highest BCUT2D eigenvalue weighted by Gasteiger charge is 2.11. The molecule has 0 bridgehead atoms. The molecule has 106 valence electrons. The molecule has 0 N–H and O–H groups in total. The molecule has 19 heavy (non-hydrogen) atoms. The molecule has 0 saturated heterocycles.